The summed E-state index contributed by atoms with van der Waals surface area (Å²) in [6.07, 6.45) is -6.04. The zero-order valence-corrected chi connectivity index (χ0v) is 13.4. The van der Waals surface area contributed by atoms with E-state index in [0.717, 1.165) is 5.32 Å². The van der Waals surface area contributed by atoms with Crippen LogP contribution in [0.5, 0.6) is 0 Å². The summed E-state index contributed by atoms with van der Waals surface area (Å²) in [4.78, 5) is 11.2. The highest BCUT2D eigenvalue weighted by atomic mass is 19.4. The van der Waals surface area contributed by atoms with Crippen molar-refractivity contribution >= 4 is 11.7 Å². The minimum atomic E-state index is -6.75. The molecule has 1 heterocycles. The van der Waals surface area contributed by atoms with Crippen LogP contribution in [0, 0.1) is 23.3 Å². The van der Waals surface area contributed by atoms with Crippen molar-refractivity contribution in [3.63, 3.8) is 0 Å². The summed E-state index contributed by atoms with van der Waals surface area (Å²) in [5.41, 5.74) is -1.20. The molecule has 15 heteroatoms. The topological polar surface area (TPSA) is 46.9 Å². The van der Waals surface area contributed by atoms with Crippen molar-refractivity contribution in [1.82, 2.24) is 9.78 Å². The Balaban J connectivity index is 2.23. The van der Waals surface area contributed by atoms with Crippen LogP contribution < -0.4 is 5.32 Å². The lowest BCUT2D eigenvalue weighted by atomic mass is 10.1. The second-order valence-corrected chi connectivity index (χ2v) is 5.45. The number of carbonyl (C=O) groups excluding carboxylic acids is 1. The van der Waals surface area contributed by atoms with Crippen LogP contribution in [0.1, 0.15) is 5.56 Å². The zero-order chi connectivity index (χ0) is 22.4. The molecule has 0 aliphatic heterocycles. The van der Waals surface area contributed by atoms with Crippen LogP contribution in [0.4, 0.5) is 54.1 Å². The number of nitrogens with one attached hydrogen (secondary N) is 1. The van der Waals surface area contributed by atoms with Gasteiger partial charge in [0.05, 0.1) is 12.1 Å². The monoisotopic (exact) mass is 441 g/mol. The molecular formula is C14H6F11N3O. The molecule has 0 saturated heterocycles. The maximum Gasteiger partial charge on any atom is 0.460 e. The molecule has 0 unspecified atom stereocenters. The normalized spacial score (nSPS) is 12.9. The standard InChI is InChI=1S/C14H6F11N3O/c15-6-3-7(16)10(18)5(9(6)17)4-28-2-1-8(27-28)26-11(29)12(19,20)13(21,22)14(23,24)25/h1-3H,4H2,(H,26,27,29). The van der Waals surface area contributed by atoms with E-state index in [1.54, 1.807) is 0 Å². The molecule has 2 rings (SSSR count). The number of anilines is 1. The van der Waals surface area contributed by atoms with Crippen LogP contribution >= 0.6 is 0 Å². The van der Waals surface area contributed by atoms with Crippen LogP contribution in [-0.4, -0.2) is 33.7 Å². The van der Waals surface area contributed by atoms with Gasteiger partial charge in [0, 0.05) is 18.3 Å². The fourth-order valence-corrected chi connectivity index (χ4v) is 1.96. The highest BCUT2D eigenvalue weighted by molar-refractivity contribution is 5.96. The highest BCUT2D eigenvalue weighted by Crippen LogP contribution is 2.46. The van der Waals surface area contributed by atoms with E-state index in [2.05, 4.69) is 5.10 Å². The largest absolute Gasteiger partial charge is 0.460 e. The minimum Gasteiger partial charge on any atom is -0.304 e. The van der Waals surface area contributed by atoms with Crippen molar-refractivity contribution in [2.24, 2.45) is 0 Å². The average molecular weight is 441 g/mol. The van der Waals surface area contributed by atoms with Crippen molar-refractivity contribution in [1.29, 1.82) is 0 Å². The van der Waals surface area contributed by atoms with Crippen LogP contribution in [0.15, 0.2) is 18.3 Å². The first-order chi connectivity index (χ1) is 13.1. The third kappa shape index (κ3) is 3.98. The number of rotatable bonds is 5. The molecule has 1 N–H and O–H groups in total. The summed E-state index contributed by atoms with van der Waals surface area (Å²) < 4.78 is 142. The van der Waals surface area contributed by atoms with Crippen LogP contribution in [0.3, 0.4) is 0 Å². The van der Waals surface area contributed by atoms with Crippen molar-refractivity contribution in [3.05, 3.63) is 47.2 Å². The second-order valence-electron chi connectivity index (χ2n) is 5.45. The summed E-state index contributed by atoms with van der Waals surface area (Å²) in [5.74, 6) is -24.2. The first-order valence-corrected chi connectivity index (χ1v) is 7.08. The summed E-state index contributed by atoms with van der Waals surface area (Å²) in [7, 11) is 0. The van der Waals surface area contributed by atoms with Gasteiger partial charge < -0.3 is 5.32 Å². The van der Waals surface area contributed by atoms with E-state index in [0.29, 0.717) is 16.9 Å². The molecule has 0 aliphatic rings. The molecular weight excluding hydrogens is 435 g/mol. The molecule has 0 radical (unpaired) electrons. The summed E-state index contributed by atoms with van der Waals surface area (Å²) in [5, 5.41) is 4.17. The zero-order valence-electron chi connectivity index (χ0n) is 13.4. The van der Waals surface area contributed by atoms with Crippen molar-refractivity contribution in [2.45, 2.75) is 24.6 Å². The van der Waals surface area contributed by atoms with Gasteiger partial charge in [0.2, 0.25) is 0 Å². The number of benzene rings is 1. The van der Waals surface area contributed by atoms with Crippen molar-refractivity contribution in [3.8, 4) is 0 Å². The first-order valence-electron chi connectivity index (χ1n) is 7.08. The Labute approximate surface area is 152 Å². The van der Waals surface area contributed by atoms with Crippen LogP contribution in [0.25, 0.3) is 0 Å². The second kappa shape index (κ2) is 7.18. The van der Waals surface area contributed by atoms with Gasteiger partial charge in [0.25, 0.3) is 0 Å². The van der Waals surface area contributed by atoms with Crippen molar-refractivity contribution < 1.29 is 53.1 Å². The number of carbonyl (C=O) groups is 1. The Kier molecular flexibility index (Phi) is 5.55. The smallest absolute Gasteiger partial charge is 0.304 e. The maximum atomic E-state index is 13.6. The highest BCUT2D eigenvalue weighted by Gasteiger charge is 2.76. The van der Waals surface area contributed by atoms with Gasteiger partial charge >= 0.3 is 23.9 Å². The summed E-state index contributed by atoms with van der Waals surface area (Å²) >= 11 is 0. The van der Waals surface area contributed by atoms with Gasteiger partial charge in [-0.15, -0.1) is 0 Å². The van der Waals surface area contributed by atoms with E-state index in [9.17, 15) is 53.1 Å². The molecule has 0 spiro atoms. The lowest BCUT2D eigenvalue weighted by Crippen LogP contribution is -2.57. The van der Waals surface area contributed by atoms with Gasteiger partial charge in [0.15, 0.2) is 29.1 Å². The Morgan fingerprint density at radius 1 is 0.966 bits per heavy atom. The predicted octanol–water partition coefficient (Wildman–Crippen LogP) is 4.26. The third-order valence-electron chi connectivity index (χ3n) is 3.44. The quantitative estimate of drug-likeness (QED) is 0.557. The van der Waals surface area contributed by atoms with Crippen LogP contribution in [0.2, 0.25) is 0 Å². The minimum absolute atomic E-state index is 0.0915. The molecule has 0 fully saturated rings. The number of nitrogens with zero attached hydrogens (tertiary/aromatic N) is 2. The van der Waals surface area contributed by atoms with Crippen LogP contribution in [-0.2, 0) is 11.3 Å². The van der Waals surface area contributed by atoms with Gasteiger partial charge in [-0.2, -0.15) is 35.8 Å². The number of hydrogen-bond acceptors (Lipinski definition) is 2. The summed E-state index contributed by atoms with van der Waals surface area (Å²) in [6.45, 7) is -1.04. The maximum absolute atomic E-state index is 13.6. The number of halogens is 11. The number of amides is 1. The van der Waals surface area contributed by atoms with Gasteiger partial charge in [-0.1, -0.05) is 0 Å². The molecule has 2 aromatic rings. The number of hydrogen-bond donors (Lipinski definition) is 1. The molecule has 29 heavy (non-hydrogen) atoms. The molecule has 0 bridgehead atoms. The Morgan fingerprint density at radius 3 is 1.97 bits per heavy atom. The van der Waals surface area contributed by atoms with E-state index in [1.807, 2.05) is 0 Å². The van der Waals surface area contributed by atoms with Gasteiger partial charge in [-0.05, 0) is 0 Å². The first kappa shape index (κ1) is 22.4. The predicted molar refractivity (Wildman–Crippen MR) is 72.2 cm³/mol. The van der Waals surface area contributed by atoms with Crippen molar-refractivity contribution in [2.75, 3.05) is 5.32 Å². The lowest BCUT2D eigenvalue weighted by Gasteiger charge is -2.26. The fraction of sp³-hybridized carbons (Fsp3) is 0.286. The molecule has 1 amide bonds. The Hall–Kier alpha value is -2.87. The Morgan fingerprint density at radius 2 is 1.48 bits per heavy atom. The van der Waals surface area contributed by atoms with Gasteiger partial charge in [-0.3, -0.25) is 9.48 Å². The molecule has 1 aromatic heterocycles. The van der Waals surface area contributed by atoms with Gasteiger partial charge in [-0.25, -0.2) is 17.6 Å². The van der Waals surface area contributed by atoms with E-state index < -0.39 is 65.1 Å². The van der Waals surface area contributed by atoms with Gasteiger partial charge in [0.1, 0.15) is 0 Å². The van der Waals surface area contributed by atoms with E-state index in [-0.39, 0.29) is 6.07 Å². The fourth-order valence-electron chi connectivity index (χ4n) is 1.96. The molecule has 0 aliphatic carbocycles. The van der Waals surface area contributed by atoms with E-state index >= 15 is 0 Å². The average Bonchev–Trinajstić information content (AvgIpc) is 3.02. The molecule has 0 atom stereocenters. The Bertz CT molecular complexity index is 909. The molecule has 1 aromatic carbocycles. The molecule has 4 nitrogen and oxygen atoms in total. The third-order valence-corrected chi connectivity index (χ3v) is 3.44. The number of aromatic nitrogens is 2. The van der Waals surface area contributed by atoms with E-state index in [1.165, 1.54) is 0 Å². The SMILES string of the molecule is O=C(Nc1ccn(Cc2c(F)c(F)cc(F)c2F)n1)C(F)(F)C(F)(F)C(F)(F)F. The van der Waals surface area contributed by atoms with E-state index in [4.69, 9.17) is 0 Å². The lowest BCUT2D eigenvalue weighted by molar-refractivity contribution is -0.343. The summed E-state index contributed by atoms with van der Waals surface area (Å²) in [6, 6.07) is 0.497. The molecule has 0 saturated carbocycles. The number of alkyl halides is 7. The molecule has 160 valence electrons.